The van der Waals surface area contributed by atoms with Crippen molar-refractivity contribution in [1.29, 1.82) is 0 Å². The van der Waals surface area contributed by atoms with E-state index < -0.39 is 0 Å². The molecule has 2 aliphatic rings. The largest absolute Gasteiger partial charge is 0.508 e. The van der Waals surface area contributed by atoms with Crippen LogP contribution in [-0.4, -0.2) is 22.6 Å². The Kier molecular flexibility index (Phi) is 3.53. The Bertz CT molecular complexity index is 457. The molecule has 0 aromatic heterocycles. The van der Waals surface area contributed by atoms with Crippen molar-refractivity contribution < 1.29 is 5.11 Å². The second-order valence-corrected chi connectivity index (χ2v) is 6.48. The Labute approximate surface area is 116 Å². The molecule has 1 aromatic carbocycles. The summed E-state index contributed by atoms with van der Waals surface area (Å²) in [6.45, 7) is 5.94. The molecule has 1 aliphatic carbocycles. The molecule has 3 atom stereocenters. The maximum atomic E-state index is 10.1. The smallest absolute Gasteiger partial charge is 0.119 e. The minimum atomic E-state index is 0.500. The number of phenolic OH excluding ortho intramolecular Hbond substituents is 1. The van der Waals surface area contributed by atoms with Crippen molar-refractivity contribution in [1.82, 2.24) is 4.90 Å². The van der Waals surface area contributed by atoms with Crippen molar-refractivity contribution in [3.8, 4) is 5.75 Å². The van der Waals surface area contributed by atoms with Gasteiger partial charge in [-0.3, -0.25) is 4.90 Å². The first-order chi connectivity index (χ1) is 9.16. The molecule has 1 saturated heterocycles. The average Bonchev–Trinajstić information content (AvgIpc) is 2.42. The van der Waals surface area contributed by atoms with E-state index >= 15 is 0 Å². The third kappa shape index (κ3) is 2.38. The summed E-state index contributed by atoms with van der Waals surface area (Å²) >= 11 is 0. The van der Waals surface area contributed by atoms with Gasteiger partial charge >= 0.3 is 0 Å². The summed E-state index contributed by atoms with van der Waals surface area (Å²) in [5.74, 6) is 1.30. The van der Waals surface area contributed by atoms with E-state index in [2.05, 4.69) is 24.8 Å². The average molecular weight is 259 g/mol. The number of aromatic hydroxyl groups is 1. The van der Waals surface area contributed by atoms with E-state index in [0.29, 0.717) is 17.8 Å². The van der Waals surface area contributed by atoms with E-state index in [0.717, 1.165) is 12.3 Å². The molecular formula is C17H25NO. The first-order valence-electron chi connectivity index (χ1n) is 7.73. The van der Waals surface area contributed by atoms with Gasteiger partial charge in [0, 0.05) is 18.6 Å². The lowest BCUT2D eigenvalue weighted by Crippen LogP contribution is -2.44. The highest BCUT2D eigenvalue weighted by molar-refractivity contribution is 5.42. The van der Waals surface area contributed by atoms with Crippen LogP contribution < -0.4 is 0 Å². The van der Waals surface area contributed by atoms with E-state index in [9.17, 15) is 5.11 Å². The molecule has 3 unspecified atom stereocenters. The summed E-state index contributed by atoms with van der Waals surface area (Å²) in [5.41, 5.74) is 2.58. The van der Waals surface area contributed by atoms with Crippen LogP contribution in [0, 0.1) is 5.92 Å². The number of rotatable bonds is 1. The molecule has 1 N–H and O–H groups in total. The van der Waals surface area contributed by atoms with Crippen molar-refractivity contribution in [2.75, 3.05) is 6.54 Å². The van der Waals surface area contributed by atoms with Gasteiger partial charge in [-0.2, -0.15) is 0 Å². The lowest BCUT2D eigenvalue weighted by Gasteiger charge is -2.44. The SMILES string of the molecule is CC1CCC(C)N(C2CCCc3c(O)cccc32)C1. The summed E-state index contributed by atoms with van der Waals surface area (Å²) in [6.07, 6.45) is 6.15. The molecule has 1 aromatic rings. The molecule has 0 saturated carbocycles. The van der Waals surface area contributed by atoms with Crippen LogP contribution in [0.3, 0.4) is 0 Å². The number of piperidine rings is 1. The first kappa shape index (κ1) is 13.0. The van der Waals surface area contributed by atoms with Crippen LogP contribution in [0.5, 0.6) is 5.75 Å². The van der Waals surface area contributed by atoms with Gasteiger partial charge in [-0.15, -0.1) is 0 Å². The monoisotopic (exact) mass is 259 g/mol. The third-order valence-electron chi connectivity index (χ3n) is 5.02. The Hall–Kier alpha value is -1.02. The fraction of sp³-hybridized carbons (Fsp3) is 0.647. The number of phenols is 1. The zero-order valence-electron chi connectivity index (χ0n) is 12.1. The van der Waals surface area contributed by atoms with Crippen LogP contribution in [0.2, 0.25) is 0 Å². The van der Waals surface area contributed by atoms with Crippen molar-refractivity contribution >= 4 is 0 Å². The topological polar surface area (TPSA) is 23.5 Å². The van der Waals surface area contributed by atoms with Crippen LogP contribution in [0.1, 0.15) is 56.7 Å². The minimum Gasteiger partial charge on any atom is -0.508 e. The highest BCUT2D eigenvalue weighted by Crippen LogP contribution is 2.41. The maximum Gasteiger partial charge on any atom is 0.119 e. The van der Waals surface area contributed by atoms with Crippen molar-refractivity contribution in [3.05, 3.63) is 29.3 Å². The quantitative estimate of drug-likeness (QED) is 0.827. The van der Waals surface area contributed by atoms with Crippen LogP contribution in [-0.2, 0) is 6.42 Å². The van der Waals surface area contributed by atoms with Crippen LogP contribution in [0.25, 0.3) is 0 Å². The molecule has 1 fully saturated rings. The van der Waals surface area contributed by atoms with Crippen molar-refractivity contribution in [3.63, 3.8) is 0 Å². The number of benzene rings is 1. The van der Waals surface area contributed by atoms with Crippen LogP contribution >= 0.6 is 0 Å². The molecule has 1 heterocycles. The van der Waals surface area contributed by atoms with E-state index in [1.54, 1.807) is 0 Å². The summed E-state index contributed by atoms with van der Waals surface area (Å²) < 4.78 is 0. The van der Waals surface area contributed by atoms with Gasteiger partial charge in [0.05, 0.1) is 0 Å². The molecule has 1 aliphatic heterocycles. The highest BCUT2D eigenvalue weighted by Gasteiger charge is 2.33. The Morgan fingerprint density at radius 1 is 1.16 bits per heavy atom. The fourth-order valence-corrected chi connectivity index (χ4v) is 3.91. The Morgan fingerprint density at radius 3 is 2.84 bits per heavy atom. The molecular weight excluding hydrogens is 234 g/mol. The second kappa shape index (κ2) is 5.16. The minimum absolute atomic E-state index is 0.500. The lowest BCUT2D eigenvalue weighted by molar-refractivity contribution is 0.0674. The molecule has 19 heavy (non-hydrogen) atoms. The Morgan fingerprint density at radius 2 is 2.00 bits per heavy atom. The second-order valence-electron chi connectivity index (χ2n) is 6.48. The molecule has 2 heteroatoms. The van der Waals surface area contributed by atoms with Gasteiger partial charge in [-0.05, 0) is 62.1 Å². The normalized spacial score (nSPS) is 32.0. The first-order valence-corrected chi connectivity index (χ1v) is 7.73. The van der Waals surface area contributed by atoms with Crippen molar-refractivity contribution in [2.45, 2.75) is 58.0 Å². The summed E-state index contributed by atoms with van der Waals surface area (Å²) in [6, 6.07) is 7.27. The molecule has 104 valence electrons. The van der Waals surface area contributed by atoms with Gasteiger partial charge in [0.15, 0.2) is 0 Å². The fourth-order valence-electron chi connectivity index (χ4n) is 3.91. The predicted octanol–water partition coefficient (Wildman–Crippen LogP) is 3.89. The number of hydrogen-bond donors (Lipinski definition) is 1. The van der Waals surface area contributed by atoms with Crippen molar-refractivity contribution in [2.24, 2.45) is 5.92 Å². The highest BCUT2D eigenvalue weighted by atomic mass is 16.3. The van der Waals surface area contributed by atoms with Gasteiger partial charge in [-0.1, -0.05) is 19.1 Å². The van der Waals surface area contributed by atoms with Gasteiger partial charge in [-0.25, -0.2) is 0 Å². The molecule has 0 radical (unpaired) electrons. The molecule has 3 rings (SSSR count). The van der Waals surface area contributed by atoms with E-state index in [4.69, 9.17) is 0 Å². The number of hydrogen-bond acceptors (Lipinski definition) is 2. The summed E-state index contributed by atoms with van der Waals surface area (Å²) in [4.78, 5) is 2.69. The lowest BCUT2D eigenvalue weighted by atomic mass is 9.83. The zero-order valence-corrected chi connectivity index (χ0v) is 12.1. The van der Waals surface area contributed by atoms with E-state index in [-0.39, 0.29) is 0 Å². The number of nitrogens with zero attached hydrogens (tertiary/aromatic N) is 1. The van der Waals surface area contributed by atoms with Gasteiger partial charge in [0.1, 0.15) is 5.75 Å². The number of fused-ring (bicyclic) bond motifs is 1. The van der Waals surface area contributed by atoms with E-state index in [1.165, 1.54) is 43.4 Å². The molecule has 0 bridgehead atoms. The van der Waals surface area contributed by atoms with Gasteiger partial charge < -0.3 is 5.11 Å². The van der Waals surface area contributed by atoms with Gasteiger partial charge in [0.2, 0.25) is 0 Å². The maximum absolute atomic E-state index is 10.1. The predicted molar refractivity (Wildman–Crippen MR) is 78.4 cm³/mol. The summed E-state index contributed by atoms with van der Waals surface area (Å²) in [5, 5.41) is 10.1. The molecule has 0 spiro atoms. The standard InChI is InChI=1S/C17H25NO/c1-12-9-10-13(2)18(11-12)16-7-3-6-15-14(16)5-4-8-17(15)19/h4-5,8,12-13,16,19H,3,6-7,9-11H2,1-2H3. The van der Waals surface area contributed by atoms with Crippen LogP contribution in [0.4, 0.5) is 0 Å². The molecule has 0 amide bonds. The zero-order chi connectivity index (χ0) is 13.4. The van der Waals surface area contributed by atoms with Crippen LogP contribution in [0.15, 0.2) is 18.2 Å². The van der Waals surface area contributed by atoms with Gasteiger partial charge in [0.25, 0.3) is 0 Å². The summed E-state index contributed by atoms with van der Waals surface area (Å²) in [7, 11) is 0. The number of likely N-dealkylation sites (tertiary alicyclic amines) is 1. The Balaban J connectivity index is 1.92. The third-order valence-corrected chi connectivity index (χ3v) is 5.02. The van der Waals surface area contributed by atoms with E-state index in [1.807, 2.05) is 12.1 Å². The molecule has 2 nitrogen and oxygen atoms in total.